The van der Waals surface area contributed by atoms with Crippen LogP contribution in [-0.2, 0) is 9.53 Å². The quantitative estimate of drug-likeness (QED) is 0.593. The molecule has 0 aliphatic rings. The van der Waals surface area contributed by atoms with Gasteiger partial charge in [-0.2, -0.15) is 5.26 Å². The van der Waals surface area contributed by atoms with Crippen molar-refractivity contribution >= 4 is 17.3 Å². The van der Waals surface area contributed by atoms with E-state index in [1.165, 1.54) is 6.07 Å². The molecule has 0 saturated heterocycles. The topological polar surface area (TPSA) is 88.1 Å². The Kier molecular flexibility index (Phi) is 5.68. The van der Waals surface area contributed by atoms with Gasteiger partial charge in [0.2, 0.25) is 5.91 Å². The number of nitriles is 1. The summed E-state index contributed by atoms with van der Waals surface area (Å²) >= 11 is 0. The van der Waals surface area contributed by atoms with E-state index in [9.17, 15) is 4.79 Å². The third-order valence-corrected chi connectivity index (χ3v) is 2.35. The number of nitrogens with one attached hydrogen (secondary N) is 1. The first-order chi connectivity index (χ1) is 8.67. The van der Waals surface area contributed by atoms with Crippen LogP contribution in [0.3, 0.4) is 0 Å². The summed E-state index contributed by atoms with van der Waals surface area (Å²) in [6.45, 7) is 3.15. The smallest absolute Gasteiger partial charge is 0.224 e. The van der Waals surface area contributed by atoms with Crippen molar-refractivity contribution in [3.05, 3.63) is 23.8 Å². The number of carbonyl (C=O) groups excluding carboxylic acids is 1. The van der Waals surface area contributed by atoms with Crippen molar-refractivity contribution in [3.8, 4) is 6.07 Å². The van der Waals surface area contributed by atoms with Crippen molar-refractivity contribution in [1.82, 2.24) is 0 Å². The van der Waals surface area contributed by atoms with E-state index in [-0.39, 0.29) is 5.91 Å². The van der Waals surface area contributed by atoms with Gasteiger partial charge in [-0.05, 0) is 31.5 Å². The van der Waals surface area contributed by atoms with Crippen LogP contribution in [0.25, 0.3) is 0 Å². The van der Waals surface area contributed by atoms with Gasteiger partial charge in [0, 0.05) is 19.6 Å². The van der Waals surface area contributed by atoms with Crippen LogP contribution >= 0.6 is 0 Å². The van der Waals surface area contributed by atoms with E-state index in [4.69, 9.17) is 15.7 Å². The van der Waals surface area contributed by atoms with Crippen LogP contribution < -0.4 is 11.1 Å². The Balaban J connectivity index is 2.47. The van der Waals surface area contributed by atoms with Gasteiger partial charge >= 0.3 is 0 Å². The van der Waals surface area contributed by atoms with Crippen molar-refractivity contribution in [1.29, 1.82) is 5.26 Å². The minimum Gasteiger partial charge on any atom is -0.397 e. The zero-order chi connectivity index (χ0) is 13.4. The summed E-state index contributed by atoms with van der Waals surface area (Å²) in [6, 6.07) is 6.78. The third-order valence-electron chi connectivity index (χ3n) is 2.35. The normalized spacial score (nSPS) is 9.78. The monoisotopic (exact) mass is 247 g/mol. The molecular weight excluding hydrogens is 230 g/mol. The van der Waals surface area contributed by atoms with Crippen LogP contribution in [0.15, 0.2) is 18.2 Å². The molecule has 1 amide bonds. The molecule has 0 fully saturated rings. The lowest BCUT2D eigenvalue weighted by Gasteiger charge is -2.08. The van der Waals surface area contributed by atoms with Crippen molar-refractivity contribution in [3.63, 3.8) is 0 Å². The number of carbonyl (C=O) groups is 1. The first-order valence-electron chi connectivity index (χ1n) is 5.84. The Morgan fingerprint density at radius 1 is 1.56 bits per heavy atom. The van der Waals surface area contributed by atoms with Crippen LogP contribution in [0.1, 0.15) is 25.3 Å². The molecule has 5 heteroatoms. The van der Waals surface area contributed by atoms with Gasteiger partial charge in [0.05, 0.1) is 23.0 Å². The molecule has 1 aromatic carbocycles. The van der Waals surface area contributed by atoms with Crippen LogP contribution in [0.2, 0.25) is 0 Å². The summed E-state index contributed by atoms with van der Waals surface area (Å²) in [5, 5.41) is 11.4. The summed E-state index contributed by atoms with van der Waals surface area (Å²) in [7, 11) is 0. The number of benzene rings is 1. The summed E-state index contributed by atoms with van der Waals surface area (Å²) in [6.07, 6.45) is 1.06. The number of amides is 1. The fourth-order valence-electron chi connectivity index (χ4n) is 1.44. The fourth-order valence-corrected chi connectivity index (χ4v) is 1.44. The molecule has 0 heterocycles. The van der Waals surface area contributed by atoms with E-state index in [1.54, 1.807) is 12.1 Å². The van der Waals surface area contributed by atoms with Crippen LogP contribution in [0, 0.1) is 11.3 Å². The molecule has 3 N–H and O–H groups in total. The second kappa shape index (κ2) is 7.30. The molecule has 0 bridgehead atoms. The number of rotatable bonds is 6. The molecule has 0 aromatic heterocycles. The Labute approximate surface area is 107 Å². The van der Waals surface area contributed by atoms with E-state index < -0.39 is 0 Å². The fraction of sp³-hybridized carbons (Fsp3) is 0.385. The molecule has 0 aliphatic heterocycles. The lowest BCUT2D eigenvalue weighted by atomic mass is 10.2. The molecule has 5 nitrogen and oxygen atoms in total. The molecule has 18 heavy (non-hydrogen) atoms. The number of nitrogen functional groups attached to an aromatic ring is 1. The average Bonchev–Trinajstić information content (AvgIpc) is 2.37. The van der Waals surface area contributed by atoms with Crippen molar-refractivity contribution in [2.24, 2.45) is 0 Å². The molecule has 1 rings (SSSR count). The Morgan fingerprint density at radius 3 is 2.94 bits per heavy atom. The molecule has 0 saturated carbocycles. The number of nitrogens with zero attached hydrogens (tertiary/aromatic N) is 1. The zero-order valence-corrected chi connectivity index (χ0v) is 10.4. The van der Waals surface area contributed by atoms with Gasteiger partial charge in [-0.1, -0.05) is 0 Å². The Morgan fingerprint density at radius 2 is 2.33 bits per heavy atom. The Hall–Kier alpha value is -2.06. The van der Waals surface area contributed by atoms with Crippen LogP contribution in [0.4, 0.5) is 11.4 Å². The van der Waals surface area contributed by atoms with E-state index in [2.05, 4.69) is 5.32 Å². The lowest BCUT2D eigenvalue weighted by Crippen LogP contribution is -2.13. The standard InChI is InChI=1S/C13H17N3O2/c1-2-18-7-3-4-13(17)16-12-6-5-10(9-14)8-11(12)15/h5-6,8H,2-4,7,15H2,1H3,(H,16,17). The van der Waals surface area contributed by atoms with Crippen molar-refractivity contribution in [2.75, 3.05) is 24.3 Å². The molecule has 1 aromatic rings. The minimum atomic E-state index is -0.105. The molecule has 0 aliphatic carbocycles. The number of nitrogens with two attached hydrogens (primary N) is 1. The van der Waals surface area contributed by atoms with Gasteiger partial charge < -0.3 is 15.8 Å². The van der Waals surface area contributed by atoms with Gasteiger partial charge in [0.25, 0.3) is 0 Å². The van der Waals surface area contributed by atoms with Gasteiger partial charge in [0.15, 0.2) is 0 Å². The van der Waals surface area contributed by atoms with Gasteiger partial charge in [-0.3, -0.25) is 4.79 Å². The number of hydrogen-bond acceptors (Lipinski definition) is 4. The predicted molar refractivity (Wildman–Crippen MR) is 69.9 cm³/mol. The largest absolute Gasteiger partial charge is 0.397 e. The SMILES string of the molecule is CCOCCCC(=O)Nc1ccc(C#N)cc1N. The minimum absolute atomic E-state index is 0.105. The van der Waals surface area contributed by atoms with Crippen LogP contribution in [0.5, 0.6) is 0 Å². The Bertz CT molecular complexity index is 452. The highest BCUT2D eigenvalue weighted by Gasteiger charge is 2.05. The average molecular weight is 247 g/mol. The van der Waals surface area contributed by atoms with Gasteiger partial charge in [-0.15, -0.1) is 0 Å². The predicted octanol–water partition coefficient (Wildman–Crippen LogP) is 1.90. The molecule has 0 unspecified atom stereocenters. The number of ether oxygens (including phenoxy) is 1. The summed E-state index contributed by atoms with van der Waals surface area (Å²) in [5.74, 6) is -0.105. The molecule has 0 radical (unpaired) electrons. The maximum atomic E-state index is 11.6. The maximum Gasteiger partial charge on any atom is 0.224 e. The van der Waals surface area contributed by atoms with E-state index >= 15 is 0 Å². The first kappa shape index (κ1) is 14.0. The number of anilines is 2. The van der Waals surface area contributed by atoms with E-state index in [0.29, 0.717) is 43.0 Å². The van der Waals surface area contributed by atoms with Crippen molar-refractivity contribution < 1.29 is 9.53 Å². The van der Waals surface area contributed by atoms with Crippen molar-refractivity contribution in [2.45, 2.75) is 19.8 Å². The molecule has 0 spiro atoms. The van der Waals surface area contributed by atoms with Crippen LogP contribution in [-0.4, -0.2) is 19.1 Å². The highest BCUT2D eigenvalue weighted by molar-refractivity contribution is 5.93. The highest BCUT2D eigenvalue weighted by atomic mass is 16.5. The highest BCUT2D eigenvalue weighted by Crippen LogP contribution is 2.19. The molecule has 96 valence electrons. The van der Waals surface area contributed by atoms with Gasteiger partial charge in [0.1, 0.15) is 0 Å². The zero-order valence-electron chi connectivity index (χ0n) is 10.4. The number of hydrogen-bond donors (Lipinski definition) is 2. The van der Waals surface area contributed by atoms with E-state index in [1.807, 2.05) is 13.0 Å². The first-order valence-corrected chi connectivity index (χ1v) is 5.84. The summed E-state index contributed by atoms with van der Waals surface area (Å²) in [5.41, 5.74) is 7.14. The second-order valence-corrected chi connectivity index (χ2v) is 3.76. The summed E-state index contributed by atoms with van der Waals surface area (Å²) < 4.78 is 5.15. The lowest BCUT2D eigenvalue weighted by molar-refractivity contribution is -0.116. The molecule has 0 atom stereocenters. The molecular formula is C13H17N3O2. The summed E-state index contributed by atoms with van der Waals surface area (Å²) in [4.78, 5) is 11.6. The third kappa shape index (κ3) is 4.44. The second-order valence-electron chi connectivity index (χ2n) is 3.76. The maximum absolute atomic E-state index is 11.6. The van der Waals surface area contributed by atoms with E-state index in [0.717, 1.165) is 0 Å². The van der Waals surface area contributed by atoms with Gasteiger partial charge in [-0.25, -0.2) is 0 Å².